The highest BCUT2D eigenvalue weighted by atomic mass is 16.6. The second-order valence-corrected chi connectivity index (χ2v) is 11.6. The molecule has 2 aliphatic carbocycles. The van der Waals surface area contributed by atoms with Crippen molar-refractivity contribution in [3.8, 4) is 0 Å². The molecule has 0 heterocycles. The van der Waals surface area contributed by atoms with Crippen LogP contribution in [0.3, 0.4) is 0 Å². The molecule has 0 unspecified atom stereocenters. The average Bonchev–Trinajstić information content (AvgIpc) is 3.28. The van der Waals surface area contributed by atoms with Gasteiger partial charge in [-0.15, -0.1) is 0 Å². The summed E-state index contributed by atoms with van der Waals surface area (Å²) in [6, 6.07) is 7.63. The van der Waals surface area contributed by atoms with E-state index in [4.69, 9.17) is 9.47 Å². The molecule has 2 atom stereocenters. The first-order valence-electron chi connectivity index (χ1n) is 14.1. The van der Waals surface area contributed by atoms with E-state index in [0.29, 0.717) is 25.5 Å². The van der Waals surface area contributed by atoms with Crippen LogP contribution >= 0.6 is 0 Å². The highest BCUT2D eigenvalue weighted by molar-refractivity contribution is 5.86. The molecule has 0 bridgehead atoms. The lowest BCUT2D eigenvalue weighted by atomic mass is 9.78. The van der Waals surface area contributed by atoms with Crippen molar-refractivity contribution < 1.29 is 23.9 Å². The summed E-state index contributed by atoms with van der Waals surface area (Å²) in [6.07, 6.45) is 7.76. The second kappa shape index (κ2) is 13.4. The standard InChI is InChI=1S/C30H46N2O5/c1-6-36-29(35)26(22-12-8-7-9-13-22)16-17-31-21(2)28(34)32(20-27(33)37-30(3,4)5)25-18-23-14-10-11-15-24(23)19-25/h10-11,14-15,21-22,25-26,31H,6-9,12-13,16-20H2,1-5H3/t21-,26-/m0/s1. The van der Waals surface area contributed by atoms with Crippen molar-refractivity contribution in [1.82, 2.24) is 10.2 Å². The van der Waals surface area contributed by atoms with Crippen molar-refractivity contribution in [3.63, 3.8) is 0 Å². The number of nitrogens with one attached hydrogen (secondary N) is 1. The van der Waals surface area contributed by atoms with Crippen LogP contribution in [0.5, 0.6) is 0 Å². The summed E-state index contributed by atoms with van der Waals surface area (Å²) in [4.78, 5) is 40.8. The topological polar surface area (TPSA) is 84.9 Å². The van der Waals surface area contributed by atoms with Crippen LogP contribution in [0.4, 0.5) is 0 Å². The minimum absolute atomic E-state index is 0.0751. The maximum Gasteiger partial charge on any atom is 0.326 e. The maximum atomic E-state index is 13.7. The van der Waals surface area contributed by atoms with E-state index >= 15 is 0 Å². The number of esters is 2. The molecule has 0 spiro atoms. The van der Waals surface area contributed by atoms with Gasteiger partial charge >= 0.3 is 11.9 Å². The van der Waals surface area contributed by atoms with Crippen molar-refractivity contribution in [2.75, 3.05) is 19.7 Å². The molecule has 0 saturated heterocycles. The van der Waals surface area contributed by atoms with E-state index in [-0.39, 0.29) is 30.4 Å². The van der Waals surface area contributed by atoms with Crippen LogP contribution in [0.2, 0.25) is 0 Å². The minimum Gasteiger partial charge on any atom is -0.466 e. The van der Waals surface area contributed by atoms with Crippen LogP contribution in [0.15, 0.2) is 24.3 Å². The first-order chi connectivity index (χ1) is 17.6. The summed E-state index contributed by atoms with van der Waals surface area (Å²) in [5.41, 5.74) is 1.83. The summed E-state index contributed by atoms with van der Waals surface area (Å²) in [6.45, 7) is 10.0. The number of nitrogens with zero attached hydrogens (tertiary/aromatic N) is 1. The molecule has 1 fully saturated rings. The van der Waals surface area contributed by atoms with E-state index in [2.05, 4.69) is 17.4 Å². The summed E-state index contributed by atoms with van der Waals surface area (Å²) < 4.78 is 10.9. The van der Waals surface area contributed by atoms with Crippen molar-refractivity contribution in [2.24, 2.45) is 11.8 Å². The Balaban J connectivity index is 1.64. The van der Waals surface area contributed by atoms with Crippen molar-refractivity contribution in [3.05, 3.63) is 35.4 Å². The van der Waals surface area contributed by atoms with E-state index in [1.807, 2.05) is 46.8 Å². The summed E-state index contributed by atoms with van der Waals surface area (Å²) in [5, 5.41) is 3.34. The van der Waals surface area contributed by atoms with Crippen LogP contribution in [0.25, 0.3) is 0 Å². The number of fused-ring (bicyclic) bond motifs is 1. The Kier molecular flexibility index (Phi) is 10.6. The van der Waals surface area contributed by atoms with Gasteiger partial charge in [-0.2, -0.15) is 0 Å². The zero-order chi connectivity index (χ0) is 27.0. The number of ether oxygens (including phenoxy) is 2. The molecule has 1 N–H and O–H groups in total. The van der Waals surface area contributed by atoms with Gasteiger partial charge in [-0.3, -0.25) is 14.4 Å². The monoisotopic (exact) mass is 514 g/mol. The lowest BCUT2D eigenvalue weighted by molar-refractivity contribution is -0.160. The van der Waals surface area contributed by atoms with Crippen LogP contribution in [0, 0.1) is 11.8 Å². The summed E-state index contributed by atoms with van der Waals surface area (Å²) >= 11 is 0. The fourth-order valence-corrected chi connectivity index (χ4v) is 5.78. The molecule has 37 heavy (non-hydrogen) atoms. The van der Waals surface area contributed by atoms with Gasteiger partial charge in [-0.1, -0.05) is 43.5 Å². The molecule has 3 rings (SSSR count). The molecular weight excluding hydrogens is 468 g/mol. The SMILES string of the molecule is CCOC(=O)[C@@H](CCN[C@@H](C)C(=O)N(CC(=O)OC(C)(C)C)C1Cc2ccccc2C1)C1CCCCC1. The third kappa shape index (κ3) is 8.56. The first kappa shape index (κ1) is 29.2. The maximum absolute atomic E-state index is 13.7. The number of carbonyl (C=O) groups is 3. The van der Waals surface area contributed by atoms with E-state index in [0.717, 1.165) is 38.5 Å². The fourth-order valence-electron chi connectivity index (χ4n) is 5.78. The molecule has 0 radical (unpaired) electrons. The number of hydrogen-bond acceptors (Lipinski definition) is 6. The molecule has 7 nitrogen and oxygen atoms in total. The van der Waals surface area contributed by atoms with E-state index in [9.17, 15) is 14.4 Å². The van der Waals surface area contributed by atoms with Gasteiger partial charge in [0.2, 0.25) is 5.91 Å². The number of rotatable bonds is 11. The molecule has 1 aromatic rings. The van der Waals surface area contributed by atoms with Gasteiger partial charge in [0.15, 0.2) is 0 Å². The number of amides is 1. The molecule has 1 saturated carbocycles. The second-order valence-electron chi connectivity index (χ2n) is 11.6. The Morgan fingerprint density at radius 3 is 2.24 bits per heavy atom. The molecule has 1 aromatic carbocycles. The summed E-state index contributed by atoms with van der Waals surface area (Å²) in [7, 11) is 0. The molecule has 1 amide bonds. The highest BCUT2D eigenvalue weighted by Gasteiger charge is 2.35. The van der Waals surface area contributed by atoms with Crippen LogP contribution in [-0.4, -0.2) is 60.1 Å². The zero-order valence-corrected chi connectivity index (χ0v) is 23.4. The molecule has 7 heteroatoms. The van der Waals surface area contributed by atoms with Gasteiger partial charge in [0.1, 0.15) is 12.1 Å². The number of hydrogen-bond donors (Lipinski definition) is 1. The fraction of sp³-hybridized carbons (Fsp3) is 0.700. The Morgan fingerprint density at radius 2 is 1.68 bits per heavy atom. The summed E-state index contributed by atoms with van der Waals surface area (Å²) in [5.74, 6) is -0.429. The smallest absolute Gasteiger partial charge is 0.326 e. The predicted octanol–water partition coefficient (Wildman–Crippen LogP) is 4.45. The van der Waals surface area contributed by atoms with Crippen LogP contribution in [-0.2, 0) is 36.7 Å². The molecule has 0 aliphatic heterocycles. The average molecular weight is 515 g/mol. The number of benzene rings is 1. The van der Waals surface area contributed by atoms with Crippen LogP contribution in [0.1, 0.15) is 84.3 Å². The van der Waals surface area contributed by atoms with Gasteiger partial charge in [-0.25, -0.2) is 0 Å². The first-order valence-corrected chi connectivity index (χ1v) is 14.1. The zero-order valence-electron chi connectivity index (χ0n) is 23.4. The molecule has 206 valence electrons. The third-order valence-corrected chi connectivity index (χ3v) is 7.56. The van der Waals surface area contributed by atoms with Gasteiger partial charge in [0, 0.05) is 6.04 Å². The Hall–Kier alpha value is -2.41. The normalized spacial score (nSPS) is 18.1. The number of carbonyl (C=O) groups excluding carboxylic acids is 3. The predicted molar refractivity (Wildman–Crippen MR) is 144 cm³/mol. The van der Waals surface area contributed by atoms with E-state index < -0.39 is 17.6 Å². The quantitative estimate of drug-likeness (QED) is 0.439. The molecule has 0 aromatic heterocycles. The van der Waals surface area contributed by atoms with Crippen molar-refractivity contribution >= 4 is 17.8 Å². The minimum atomic E-state index is -0.616. The van der Waals surface area contributed by atoms with Gasteiger partial charge in [0.05, 0.1) is 18.6 Å². The lowest BCUT2D eigenvalue weighted by Gasteiger charge is -2.32. The largest absolute Gasteiger partial charge is 0.466 e. The van der Waals surface area contributed by atoms with Gasteiger partial charge in [-0.05, 0) is 90.3 Å². The lowest BCUT2D eigenvalue weighted by Crippen LogP contribution is -2.52. The van der Waals surface area contributed by atoms with Crippen molar-refractivity contribution in [1.29, 1.82) is 0 Å². The van der Waals surface area contributed by atoms with E-state index in [1.54, 1.807) is 4.90 Å². The van der Waals surface area contributed by atoms with Gasteiger partial charge < -0.3 is 19.7 Å². The van der Waals surface area contributed by atoms with E-state index in [1.165, 1.54) is 17.5 Å². The molecule has 2 aliphatic rings. The van der Waals surface area contributed by atoms with Gasteiger partial charge in [0.25, 0.3) is 0 Å². The Bertz CT molecular complexity index is 894. The van der Waals surface area contributed by atoms with Crippen molar-refractivity contribution in [2.45, 2.75) is 104 Å². The highest BCUT2D eigenvalue weighted by Crippen LogP contribution is 2.32. The van der Waals surface area contributed by atoms with Crippen LogP contribution < -0.4 is 5.32 Å². The Morgan fingerprint density at radius 1 is 1.05 bits per heavy atom. The molecular formula is C30H46N2O5. The third-order valence-electron chi connectivity index (χ3n) is 7.56. The Labute approximate surface area is 222 Å².